The Labute approximate surface area is 93.4 Å². The zero-order valence-electron chi connectivity index (χ0n) is 9.84. The lowest BCUT2D eigenvalue weighted by Gasteiger charge is -2.22. The summed E-state index contributed by atoms with van der Waals surface area (Å²) in [6.45, 7) is 6.00. The van der Waals surface area contributed by atoms with E-state index in [0.29, 0.717) is 0 Å². The monoisotopic (exact) mass is 211 g/mol. The first-order valence-electron chi connectivity index (χ1n) is 6.27. The fourth-order valence-electron chi connectivity index (χ4n) is 2.09. The summed E-state index contributed by atoms with van der Waals surface area (Å²) in [4.78, 5) is 11.7. The smallest absolute Gasteiger partial charge is 0.309 e. The molecule has 0 saturated heterocycles. The Morgan fingerprint density at radius 1 is 1.40 bits per heavy atom. The average molecular weight is 211 g/mol. The van der Waals surface area contributed by atoms with Gasteiger partial charge in [-0.3, -0.25) is 4.79 Å². The summed E-state index contributed by atoms with van der Waals surface area (Å²) in [5, 5.41) is 0. The Balaban J connectivity index is 2.21. The maximum Gasteiger partial charge on any atom is 0.309 e. The summed E-state index contributed by atoms with van der Waals surface area (Å²) in [6.07, 6.45) is 8.63. The molecule has 0 aromatic rings. The second-order valence-electron chi connectivity index (χ2n) is 4.54. The van der Waals surface area contributed by atoms with E-state index in [1.807, 2.05) is 0 Å². The van der Waals surface area contributed by atoms with Crippen LogP contribution in [0.5, 0.6) is 0 Å². The van der Waals surface area contributed by atoms with Crippen molar-refractivity contribution in [2.75, 3.05) is 0 Å². The van der Waals surface area contributed by atoms with Crippen molar-refractivity contribution in [2.45, 2.75) is 64.4 Å². The summed E-state index contributed by atoms with van der Waals surface area (Å²) in [5.74, 6) is 0.149. The van der Waals surface area contributed by atoms with Crippen LogP contribution in [0.3, 0.4) is 0 Å². The van der Waals surface area contributed by atoms with E-state index < -0.39 is 0 Å². The normalized spacial score (nSPS) is 19.9. The second-order valence-corrected chi connectivity index (χ2v) is 4.54. The van der Waals surface area contributed by atoms with Crippen LogP contribution in [-0.2, 0) is 9.53 Å². The Bertz CT molecular complexity index is 183. The number of carbonyl (C=O) groups excluding carboxylic acids is 1. The highest BCUT2D eigenvalue weighted by Crippen LogP contribution is 2.25. The number of esters is 1. The Morgan fingerprint density at radius 2 is 2.07 bits per heavy atom. The molecule has 15 heavy (non-hydrogen) atoms. The molecule has 0 aromatic heterocycles. The molecule has 0 aliphatic heterocycles. The largest absolute Gasteiger partial charge is 0.462 e. The zero-order chi connectivity index (χ0) is 11.1. The molecular formula is C13H23O2. The minimum atomic E-state index is -0.139. The fraction of sp³-hybridized carbons (Fsp3) is 0.846. The molecule has 2 nitrogen and oxygen atoms in total. The van der Waals surface area contributed by atoms with Crippen molar-refractivity contribution >= 4 is 5.97 Å². The van der Waals surface area contributed by atoms with Gasteiger partial charge in [0.05, 0.1) is 5.92 Å². The standard InChI is InChI=1S/C13H23O2/c1-3-4-8-11(2)15-13(14)12-9-6-5-7-10-12/h11-12H,2-10H2,1H3. The van der Waals surface area contributed by atoms with Crippen LogP contribution in [0.2, 0.25) is 0 Å². The van der Waals surface area contributed by atoms with Crippen LogP contribution in [0.15, 0.2) is 0 Å². The number of ether oxygens (including phenoxy) is 1. The number of carbonyl (C=O) groups is 1. The van der Waals surface area contributed by atoms with E-state index in [9.17, 15) is 4.79 Å². The Hall–Kier alpha value is -0.530. The predicted octanol–water partition coefficient (Wildman–Crippen LogP) is 3.50. The van der Waals surface area contributed by atoms with Gasteiger partial charge in [0, 0.05) is 0 Å². The molecule has 0 aromatic carbocycles. The first-order chi connectivity index (χ1) is 7.24. The van der Waals surface area contributed by atoms with Crippen LogP contribution in [0.25, 0.3) is 0 Å². The first-order valence-corrected chi connectivity index (χ1v) is 6.27. The highest BCUT2D eigenvalue weighted by Gasteiger charge is 2.23. The van der Waals surface area contributed by atoms with Gasteiger partial charge in [-0.15, -0.1) is 0 Å². The lowest BCUT2D eigenvalue weighted by Crippen LogP contribution is -2.24. The van der Waals surface area contributed by atoms with Crippen molar-refractivity contribution in [3.8, 4) is 0 Å². The predicted molar refractivity (Wildman–Crippen MR) is 61.3 cm³/mol. The molecule has 1 atom stereocenters. The van der Waals surface area contributed by atoms with Crippen LogP contribution in [-0.4, -0.2) is 12.1 Å². The van der Waals surface area contributed by atoms with Crippen molar-refractivity contribution < 1.29 is 9.53 Å². The first kappa shape index (κ1) is 12.5. The molecule has 1 aliphatic carbocycles. The van der Waals surface area contributed by atoms with Gasteiger partial charge in [-0.1, -0.05) is 39.0 Å². The van der Waals surface area contributed by atoms with E-state index in [-0.39, 0.29) is 18.0 Å². The van der Waals surface area contributed by atoms with E-state index in [0.717, 1.165) is 32.1 Å². The van der Waals surface area contributed by atoms with E-state index >= 15 is 0 Å². The third-order valence-electron chi connectivity index (χ3n) is 3.10. The number of rotatable bonds is 5. The molecule has 2 heteroatoms. The van der Waals surface area contributed by atoms with E-state index in [1.165, 1.54) is 19.3 Å². The van der Waals surface area contributed by atoms with Gasteiger partial charge in [0.15, 0.2) is 0 Å². The van der Waals surface area contributed by atoms with Gasteiger partial charge < -0.3 is 4.74 Å². The highest BCUT2D eigenvalue weighted by molar-refractivity contribution is 5.72. The van der Waals surface area contributed by atoms with Crippen molar-refractivity contribution in [3.05, 3.63) is 6.92 Å². The molecule has 0 bridgehead atoms. The van der Waals surface area contributed by atoms with Crippen LogP contribution in [0.1, 0.15) is 58.3 Å². The molecular weight excluding hydrogens is 188 g/mol. The molecule has 1 radical (unpaired) electrons. The summed E-state index contributed by atoms with van der Waals surface area (Å²) in [6, 6.07) is 0. The minimum Gasteiger partial charge on any atom is -0.462 e. The maximum absolute atomic E-state index is 11.7. The highest BCUT2D eigenvalue weighted by atomic mass is 16.5. The van der Waals surface area contributed by atoms with Gasteiger partial charge in [-0.25, -0.2) is 0 Å². The van der Waals surface area contributed by atoms with Crippen molar-refractivity contribution in [1.29, 1.82) is 0 Å². The Morgan fingerprint density at radius 3 is 2.67 bits per heavy atom. The molecule has 87 valence electrons. The molecule has 1 rings (SSSR count). The summed E-state index contributed by atoms with van der Waals surface area (Å²) in [5.41, 5.74) is 0. The third-order valence-corrected chi connectivity index (χ3v) is 3.10. The molecule has 1 unspecified atom stereocenters. The second kappa shape index (κ2) is 6.86. The van der Waals surface area contributed by atoms with Gasteiger partial charge >= 0.3 is 5.97 Å². The number of unbranched alkanes of at least 4 members (excludes halogenated alkanes) is 1. The molecule has 1 fully saturated rings. The number of hydrogen-bond acceptors (Lipinski definition) is 2. The van der Waals surface area contributed by atoms with Gasteiger partial charge in [0.1, 0.15) is 6.10 Å². The van der Waals surface area contributed by atoms with Gasteiger partial charge in [0.2, 0.25) is 0 Å². The van der Waals surface area contributed by atoms with E-state index in [2.05, 4.69) is 13.8 Å². The lowest BCUT2D eigenvalue weighted by molar-refractivity contribution is -0.153. The molecule has 0 amide bonds. The van der Waals surface area contributed by atoms with Crippen LogP contribution >= 0.6 is 0 Å². The molecule has 0 spiro atoms. The van der Waals surface area contributed by atoms with Crippen molar-refractivity contribution in [1.82, 2.24) is 0 Å². The van der Waals surface area contributed by atoms with Crippen LogP contribution in [0, 0.1) is 12.8 Å². The van der Waals surface area contributed by atoms with Crippen molar-refractivity contribution in [3.63, 3.8) is 0 Å². The molecule has 1 aliphatic rings. The van der Waals surface area contributed by atoms with E-state index in [4.69, 9.17) is 4.74 Å². The summed E-state index contributed by atoms with van der Waals surface area (Å²) >= 11 is 0. The minimum absolute atomic E-state index is 0.00852. The van der Waals surface area contributed by atoms with Gasteiger partial charge in [0.25, 0.3) is 0 Å². The molecule has 0 N–H and O–H groups in total. The third kappa shape index (κ3) is 4.67. The van der Waals surface area contributed by atoms with Gasteiger partial charge in [-0.2, -0.15) is 0 Å². The van der Waals surface area contributed by atoms with Crippen LogP contribution in [0.4, 0.5) is 0 Å². The summed E-state index contributed by atoms with van der Waals surface area (Å²) in [7, 11) is 0. The molecule has 0 heterocycles. The topological polar surface area (TPSA) is 26.3 Å². The lowest BCUT2D eigenvalue weighted by atomic mass is 9.89. The van der Waals surface area contributed by atoms with E-state index in [1.54, 1.807) is 0 Å². The quantitative estimate of drug-likeness (QED) is 0.650. The van der Waals surface area contributed by atoms with Crippen molar-refractivity contribution in [2.24, 2.45) is 5.92 Å². The maximum atomic E-state index is 11.7. The zero-order valence-corrected chi connectivity index (χ0v) is 9.84. The molecule has 1 saturated carbocycles. The number of hydrogen-bond donors (Lipinski definition) is 0. The Kier molecular flexibility index (Phi) is 5.74. The van der Waals surface area contributed by atoms with Crippen LogP contribution < -0.4 is 0 Å². The SMILES string of the molecule is [CH2]C(CCCC)OC(=O)C1CCCCC1. The average Bonchev–Trinajstić information content (AvgIpc) is 2.27. The summed E-state index contributed by atoms with van der Waals surface area (Å²) < 4.78 is 5.34. The van der Waals surface area contributed by atoms with Gasteiger partial charge in [-0.05, 0) is 26.2 Å². The fourth-order valence-corrected chi connectivity index (χ4v) is 2.09.